The van der Waals surface area contributed by atoms with E-state index < -0.39 is 46.5 Å². The number of alkyl halides is 3. The molecule has 0 aliphatic rings. The molecule has 1 aromatic heterocycles. The molecule has 0 atom stereocenters. The molecule has 0 saturated heterocycles. The summed E-state index contributed by atoms with van der Waals surface area (Å²) in [5, 5.41) is 17.1. The Hall–Kier alpha value is -4.29. The summed E-state index contributed by atoms with van der Waals surface area (Å²) >= 11 is 0. The molecule has 0 saturated carbocycles. The van der Waals surface area contributed by atoms with Gasteiger partial charge in [0.15, 0.2) is 6.61 Å². The van der Waals surface area contributed by atoms with Gasteiger partial charge in [0.25, 0.3) is 11.6 Å². The zero-order valence-corrected chi connectivity index (χ0v) is 16.1. The third-order valence-corrected chi connectivity index (χ3v) is 4.13. The number of nitro benzene ring substituents is 1. The lowest BCUT2D eigenvalue weighted by atomic mass is 10.1. The number of hydrogen-bond donors (Lipinski definition) is 1. The molecule has 0 radical (unpaired) electrons. The maximum Gasteiger partial charge on any atom is 0.416 e. The molecule has 0 fully saturated rings. The Morgan fingerprint density at radius 2 is 1.88 bits per heavy atom. The highest BCUT2D eigenvalue weighted by atomic mass is 19.4. The number of carbonyl (C=O) groups is 2. The van der Waals surface area contributed by atoms with Crippen LogP contribution in [0.1, 0.15) is 21.5 Å². The molecule has 3 aromatic rings. The fraction of sp³-hybridized carbons (Fsp3) is 0.158. The van der Waals surface area contributed by atoms with Crippen LogP contribution < -0.4 is 5.32 Å². The Morgan fingerprint density at radius 3 is 2.47 bits per heavy atom. The molecular formula is C19H14F3N5O5. The number of amides is 1. The summed E-state index contributed by atoms with van der Waals surface area (Å²) in [5.74, 6) is -1.78. The van der Waals surface area contributed by atoms with Crippen LogP contribution in [0.25, 0.3) is 0 Å². The van der Waals surface area contributed by atoms with Gasteiger partial charge in [0.05, 0.1) is 22.6 Å². The van der Waals surface area contributed by atoms with Crippen LogP contribution in [0.2, 0.25) is 0 Å². The number of anilines is 1. The van der Waals surface area contributed by atoms with Crippen LogP contribution in [0.4, 0.5) is 24.5 Å². The molecule has 2 aromatic carbocycles. The van der Waals surface area contributed by atoms with E-state index in [9.17, 15) is 32.9 Å². The Kier molecular flexibility index (Phi) is 6.47. The zero-order valence-electron chi connectivity index (χ0n) is 16.1. The summed E-state index contributed by atoms with van der Waals surface area (Å²) in [4.78, 5) is 37.9. The van der Waals surface area contributed by atoms with E-state index in [0.29, 0.717) is 18.7 Å². The topological polar surface area (TPSA) is 129 Å². The van der Waals surface area contributed by atoms with Gasteiger partial charge in [-0.3, -0.25) is 14.9 Å². The SMILES string of the molecule is O=C(COC(=O)c1ccc(Cn2cncn2)cc1)Nc1ccc(C(F)(F)F)cc1[N+](=O)[O-]. The monoisotopic (exact) mass is 449 g/mol. The normalized spacial score (nSPS) is 11.1. The van der Waals surface area contributed by atoms with Gasteiger partial charge in [-0.25, -0.2) is 14.5 Å². The predicted octanol–water partition coefficient (Wildman–Crippen LogP) is 3.05. The van der Waals surface area contributed by atoms with Crippen LogP contribution in [-0.2, 0) is 22.3 Å². The van der Waals surface area contributed by atoms with Crippen molar-refractivity contribution in [1.82, 2.24) is 14.8 Å². The molecule has 3 rings (SSSR count). The number of benzene rings is 2. The average Bonchev–Trinajstić information content (AvgIpc) is 3.25. The lowest BCUT2D eigenvalue weighted by Gasteiger charge is -2.10. The predicted molar refractivity (Wildman–Crippen MR) is 103 cm³/mol. The number of nitro groups is 1. The number of aromatic nitrogens is 3. The standard InChI is InChI=1S/C19H14F3N5O5/c20-19(21,22)14-5-6-15(16(7-14)27(30)31)25-17(28)9-32-18(29)13-3-1-12(2-4-13)8-26-11-23-10-24-26/h1-7,10-11H,8-9H2,(H,25,28). The van der Waals surface area contributed by atoms with Crippen molar-refractivity contribution >= 4 is 23.3 Å². The minimum Gasteiger partial charge on any atom is -0.452 e. The summed E-state index contributed by atoms with van der Waals surface area (Å²) in [6.45, 7) is -0.360. The highest BCUT2D eigenvalue weighted by Crippen LogP contribution is 2.34. The van der Waals surface area contributed by atoms with Crippen LogP contribution >= 0.6 is 0 Å². The van der Waals surface area contributed by atoms with E-state index in [4.69, 9.17) is 4.74 Å². The average molecular weight is 449 g/mol. The minimum atomic E-state index is -4.78. The van der Waals surface area contributed by atoms with E-state index in [0.717, 1.165) is 11.6 Å². The van der Waals surface area contributed by atoms with Crippen LogP contribution in [0, 0.1) is 10.1 Å². The first-order valence-corrected chi connectivity index (χ1v) is 8.87. The van der Waals surface area contributed by atoms with E-state index in [1.165, 1.54) is 24.8 Å². The Bertz CT molecular complexity index is 1130. The van der Waals surface area contributed by atoms with Crippen molar-refractivity contribution in [3.8, 4) is 0 Å². The number of esters is 1. The fourth-order valence-electron chi connectivity index (χ4n) is 2.61. The van der Waals surface area contributed by atoms with Gasteiger partial charge < -0.3 is 10.1 Å². The van der Waals surface area contributed by atoms with E-state index in [-0.39, 0.29) is 5.56 Å². The van der Waals surface area contributed by atoms with Crippen molar-refractivity contribution in [2.45, 2.75) is 12.7 Å². The molecular weight excluding hydrogens is 435 g/mol. The Balaban J connectivity index is 1.58. The fourth-order valence-corrected chi connectivity index (χ4v) is 2.61. The first kappa shape index (κ1) is 22.4. The highest BCUT2D eigenvalue weighted by Gasteiger charge is 2.33. The largest absolute Gasteiger partial charge is 0.452 e. The molecule has 0 spiro atoms. The molecule has 0 aliphatic heterocycles. The maximum atomic E-state index is 12.7. The third kappa shape index (κ3) is 5.65. The molecule has 1 amide bonds. The van der Waals surface area contributed by atoms with Crippen molar-refractivity contribution in [1.29, 1.82) is 0 Å². The summed E-state index contributed by atoms with van der Waals surface area (Å²) in [6.07, 6.45) is -1.87. The van der Waals surface area contributed by atoms with Gasteiger partial charge >= 0.3 is 12.1 Å². The molecule has 1 heterocycles. The Morgan fingerprint density at radius 1 is 1.16 bits per heavy atom. The number of nitrogens with one attached hydrogen (secondary N) is 1. The number of nitrogens with zero attached hydrogens (tertiary/aromatic N) is 4. The number of halogens is 3. The van der Waals surface area contributed by atoms with Crippen molar-refractivity contribution < 1.29 is 32.4 Å². The van der Waals surface area contributed by atoms with Gasteiger partial charge in [-0.05, 0) is 29.8 Å². The number of hydrogen-bond acceptors (Lipinski definition) is 7. The van der Waals surface area contributed by atoms with Gasteiger partial charge in [-0.15, -0.1) is 0 Å². The number of ether oxygens (including phenoxy) is 1. The molecule has 32 heavy (non-hydrogen) atoms. The van der Waals surface area contributed by atoms with Crippen LogP contribution in [0.15, 0.2) is 55.1 Å². The smallest absolute Gasteiger partial charge is 0.416 e. The summed E-state index contributed by atoms with van der Waals surface area (Å²) in [6, 6.07) is 7.93. The van der Waals surface area contributed by atoms with Gasteiger partial charge in [-0.1, -0.05) is 12.1 Å². The van der Waals surface area contributed by atoms with Crippen LogP contribution in [0.5, 0.6) is 0 Å². The molecule has 0 aliphatic carbocycles. The van der Waals surface area contributed by atoms with Crippen LogP contribution in [-0.4, -0.2) is 38.2 Å². The lowest BCUT2D eigenvalue weighted by Crippen LogP contribution is -2.21. The number of rotatable bonds is 7. The van der Waals surface area contributed by atoms with Crippen molar-refractivity contribution in [2.24, 2.45) is 0 Å². The molecule has 10 nitrogen and oxygen atoms in total. The van der Waals surface area contributed by atoms with Crippen molar-refractivity contribution in [3.05, 3.63) is 81.9 Å². The highest BCUT2D eigenvalue weighted by molar-refractivity contribution is 5.96. The molecule has 1 N–H and O–H groups in total. The molecule has 13 heteroatoms. The van der Waals surface area contributed by atoms with Crippen molar-refractivity contribution in [2.75, 3.05) is 11.9 Å². The minimum absolute atomic E-state index is 0.153. The third-order valence-electron chi connectivity index (χ3n) is 4.13. The van der Waals surface area contributed by atoms with Gasteiger partial charge in [0.2, 0.25) is 0 Å². The van der Waals surface area contributed by atoms with E-state index >= 15 is 0 Å². The summed E-state index contributed by atoms with van der Waals surface area (Å²) in [7, 11) is 0. The van der Waals surface area contributed by atoms with E-state index in [2.05, 4.69) is 15.4 Å². The Labute approximate surface area is 177 Å². The van der Waals surface area contributed by atoms with Gasteiger partial charge in [-0.2, -0.15) is 18.3 Å². The van der Waals surface area contributed by atoms with E-state index in [1.807, 2.05) is 0 Å². The maximum absolute atomic E-state index is 12.7. The molecule has 0 unspecified atom stereocenters. The first-order valence-electron chi connectivity index (χ1n) is 8.87. The first-order chi connectivity index (χ1) is 15.1. The van der Waals surface area contributed by atoms with E-state index in [1.54, 1.807) is 16.8 Å². The second kappa shape index (κ2) is 9.24. The second-order valence-electron chi connectivity index (χ2n) is 6.40. The van der Waals surface area contributed by atoms with Gasteiger partial charge in [0.1, 0.15) is 18.3 Å². The van der Waals surface area contributed by atoms with Crippen molar-refractivity contribution in [3.63, 3.8) is 0 Å². The van der Waals surface area contributed by atoms with Gasteiger partial charge in [0, 0.05) is 6.07 Å². The van der Waals surface area contributed by atoms with Crippen LogP contribution in [0.3, 0.4) is 0 Å². The number of carbonyl (C=O) groups excluding carboxylic acids is 2. The summed E-state index contributed by atoms with van der Waals surface area (Å²) < 4.78 is 44.7. The zero-order chi connectivity index (χ0) is 23.3. The lowest BCUT2D eigenvalue weighted by molar-refractivity contribution is -0.384. The second-order valence-corrected chi connectivity index (χ2v) is 6.40. The quantitative estimate of drug-likeness (QED) is 0.333. The summed E-state index contributed by atoms with van der Waals surface area (Å²) in [5.41, 5.74) is -1.65. The molecule has 166 valence electrons. The molecule has 0 bridgehead atoms.